The molecular formula is C3H6O3S. The molecule has 0 heterocycles. The van der Waals surface area contributed by atoms with Crippen LogP contribution < -0.4 is 0 Å². The summed E-state index contributed by atoms with van der Waals surface area (Å²) in [6.07, 6.45) is 1.39. The molecule has 0 aromatic heterocycles. The van der Waals surface area contributed by atoms with Crippen molar-refractivity contribution in [2.24, 2.45) is 0 Å². The van der Waals surface area contributed by atoms with Gasteiger partial charge in [0.1, 0.15) is 12.0 Å². The second-order valence-electron chi connectivity index (χ2n) is 1.26. The van der Waals surface area contributed by atoms with E-state index in [0.29, 0.717) is 6.29 Å². The van der Waals surface area contributed by atoms with E-state index in [1.165, 1.54) is 0 Å². The van der Waals surface area contributed by atoms with Gasteiger partial charge in [0, 0.05) is 6.26 Å². The van der Waals surface area contributed by atoms with Crippen LogP contribution in [-0.2, 0) is 14.6 Å². The van der Waals surface area contributed by atoms with Crippen LogP contribution >= 0.6 is 0 Å². The molecule has 0 bridgehead atoms. The quantitative estimate of drug-likeness (QED) is 0.452. The monoisotopic (exact) mass is 122 g/mol. The maximum atomic E-state index is 10.0. The van der Waals surface area contributed by atoms with Gasteiger partial charge in [0.05, 0.1) is 0 Å². The lowest BCUT2D eigenvalue weighted by Gasteiger charge is -1.80. The van der Waals surface area contributed by atoms with Gasteiger partial charge in [-0.1, -0.05) is 0 Å². The molecule has 0 saturated carbocycles. The van der Waals surface area contributed by atoms with Crippen molar-refractivity contribution in [1.29, 1.82) is 0 Å². The number of hydrogen-bond acceptors (Lipinski definition) is 3. The van der Waals surface area contributed by atoms with Crippen LogP contribution in [-0.4, -0.2) is 26.7 Å². The highest BCUT2D eigenvalue weighted by molar-refractivity contribution is 7.91. The first-order chi connectivity index (χ1) is 3.06. The molecular weight excluding hydrogens is 116 g/mol. The zero-order valence-corrected chi connectivity index (χ0v) is 4.73. The van der Waals surface area contributed by atoms with Crippen molar-refractivity contribution in [2.75, 3.05) is 12.0 Å². The van der Waals surface area contributed by atoms with E-state index in [-0.39, 0.29) is 5.75 Å². The summed E-state index contributed by atoms with van der Waals surface area (Å²) in [6, 6.07) is 0. The van der Waals surface area contributed by atoms with Crippen molar-refractivity contribution in [3.05, 3.63) is 0 Å². The molecule has 0 rings (SSSR count). The smallest absolute Gasteiger partial charge is 0.154 e. The fourth-order valence-corrected chi connectivity index (χ4v) is 0.371. The molecule has 0 atom stereocenters. The van der Waals surface area contributed by atoms with Gasteiger partial charge in [0.25, 0.3) is 0 Å². The minimum absolute atomic E-state index is 0.368. The molecule has 0 aromatic rings. The van der Waals surface area contributed by atoms with Crippen LogP contribution in [0.3, 0.4) is 0 Å². The second kappa shape index (κ2) is 2.07. The molecule has 7 heavy (non-hydrogen) atoms. The number of rotatable bonds is 2. The number of carbonyl (C=O) groups excluding carboxylic acids is 1. The Hall–Kier alpha value is -0.380. The zero-order valence-electron chi connectivity index (χ0n) is 3.92. The molecule has 0 amide bonds. The minimum Gasteiger partial charge on any atom is -0.302 e. The van der Waals surface area contributed by atoms with E-state index in [1.54, 1.807) is 0 Å². The third-order valence-corrected chi connectivity index (χ3v) is 1.11. The Balaban J connectivity index is 3.84. The Labute approximate surface area is 42.3 Å². The molecule has 0 unspecified atom stereocenters. The summed E-state index contributed by atoms with van der Waals surface area (Å²) in [6.45, 7) is 0. The van der Waals surface area contributed by atoms with E-state index in [9.17, 15) is 13.2 Å². The summed E-state index contributed by atoms with van der Waals surface area (Å²) < 4.78 is 20.0. The van der Waals surface area contributed by atoms with Crippen LogP contribution in [0, 0.1) is 0 Å². The molecule has 0 spiro atoms. The van der Waals surface area contributed by atoms with Gasteiger partial charge >= 0.3 is 0 Å². The molecule has 0 radical (unpaired) electrons. The highest BCUT2D eigenvalue weighted by Crippen LogP contribution is 1.73. The predicted molar refractivity (Wildman–Crippen MR) is 25.8 cm³/mol. The normalized spacial score (nSPS) is 11.0. The number of sulfone groups is 1. The molecule has 0 aromatic carbocycles. The van der Waals surface area contributed by atoms with Gasteiger partial charge in [-0.25, -0.2) is 8.42 Å². The standard InChI is InChI=1S/C3H6O3S/c1-7(5,6)3-2-4/h2H,3H2,1H3. The number of aldehydes is 1. The third-order valence-electron chi connectivity index (χ3n) is 0.371. The lowest BCUT2D eigenvalue weighted by atomic mass is 10.9. The number of hydrogen-bond donors (Lipinski definition) is 0. The Kier molecular flexibility index (Phi) is 1.95. The maximum absolute atomic E-state index is 10.0. The summed E-state index contributed by atoms with van der Waals surface area (Å²) >= 11 is 0. The van der Waals surface area contributed by atoms with Crippen molar-refractivity contribution in [1.82, 2.24) is 0 Å². The fourth-order valence-electron chi connectivity index (χ4n) is 0.124. The highest BCUT2D eigenvalue weighted by atomic mass is 32.2. The van der Waals surface area contributed by atoms with Gasteiger partial charge in [-0.15, -0.1) is 0 Å². The van der Waals surface area contributed by atoms with E-state index in [2.05, 4.69) is 0 Å². The van der Waals surface area contributed by atoms with E-state index in [1.807, 2.05) is 0 Å². The lowest BCUT2D eigenvalue weighted by molar-refractivity contribution is -0.105. The van der Waals surface area contributed by atoms with Crippen LogP contribution in [0.4, 0.5) is 0 Å². The average Bonchev–Trinajstić information content (AvgIpc) is 1.30. The molecule has 0 aliphatic heterocycles. The molecule has 0 N–H and O–H groups in total. The summed E-state index contributed by atoms with van der Waals surface area (Å²) in [5.41, 5.74) is 0. The summed E-state index contributed by atoms with van der Waals surface area (Å²) in [5, 5.41) is 0. The lowest BCUT2D eigenvalue weighted by Crippen LogP contribution is -2.02. The Morgan fingerprint density at radius 2 is 2.00 bits per heavy atom. The molecule has 3 nitrogen and oxygen atoms in total. The van der Waals surface area contributed by atoms with Crippen molar-refractivity contribution in [3.8, 4) is 0 Å². The van der Waals surface area contributed by atoms with Crippen LogP contribution in [0.5, 0.6) is 0 Å². The van der Waals surface area contributed by atoms with Crippen molar-refractivity contribution in [2.45, 2.75) is 0 Å². The van der Waals surface area contributed by atoms with Crippen LogP contribution in [0.25, 0.3) is 0 Å². The van der Waals surface area contributed by atoms with Gasteiger partial charge in [-0.05, 0) is 0 Å². The predicted octanol–water partition coefficient (Wildman–Crippen LogP) is -0.770. The molecule has 0 aliphatic rings. The van der Waals surface area contributed by atoms with Crippen LogP contribution in [0.2, 0.25) is 0 Å². The molecule has 0 aliphatic carbocycles. The minimum atomic E-state index is -3.04. The van der Waals surface area contributed by atoms with Gasteiger partial charge < -0.3 is 4.79 Å². The van der Waals surface area contributed by atoms with Crippen LogP contribution in [0.1, 0.15) is 0 Å². The zero-order chi connectivity index (χ0) is 5.91. The third kappa shape index (κ3) is 5.62. The topological polar surface area (TPSA) is 51.2 Å². The molecule has 42 valence electrons. The van der Waals surface area contributed by atoms with Gasteiger partial charge in [0.15, 0.2) is 9.84 Å². The van der Waals surface area contributed by atoms with Gasteiger partial charge in [-0.3, -0.25) is 0 Å². The van der Waals surface area contributed by atoms with Crippen molar-refractivity contribution in [3.63, 3.8) is 0 Å². The Morgan fingerprint density at radius 3 is 2.00 bits per heavy atom. The van der Waals surface area contributed by atoms with Crippen molar-refractivity contribution >= 4 is 16.1 Å². The largest absolute Gasteiger partial charge is 0.302 e. The first-order valence-corrected chi connectivity index (χ1v) is 3.73. The van der Waals surface area contributed by atoms with E-state index in [0.717, 1.165) is 6.26 Å². The van der Waals surface area contributed by atoms with Crippen molar-refractivity contribution < 1.29 is 13.2 Å². The molecule has 4 heteroatoms. The summed E-state index contributed by atoms with van der Waals surface area (Å²) in [7, 11) is -3.04. The first-order valence-electron chi connectivity index (χ1n) is 1.67. The Morgan fingerprint density at radius 1 is 1.57 bits per heavy atom. The first kappa shape index (κ1) is 6.62. The fraction of sp³-hybridized carbons (Fsp3) is 0.667. The number of carbonyl (C=O) groups is 1. The van der Waals surface area contributed by atoms with E-state index < -0.39 is 9.84 Å². The summed E-state index contributed by atoms with van der Waals surface area (Å²) in [5.74, 6) is -0.368. The van der Waals surface area contributed by atoms with E-state index >= 15 is 0 Å². The van der Waals surface area contributed by atoms with Gasteiger partial charge in [0.2, 0.25) is 0 Å². The molecule has 0 saturated heterocycles. The summed E-state index contributed by atoms with van der Waals surface area (Å²) in [4.78, 5) is 9.44. The average molecular weight is 122 g/mol. The Bertz CT molecular complexity index is 144. The SMILES string of the molecule is CS(=O)(=O)CC=O. The second-order valence-corrected chi connectivity index (χ2v) is 3.44. The maximum Gasteiger partial charge on any atom is 0.154 e. The molecule has 0 fully saturated rings. The van der Waals surface area contributed by atoms with Crippen LogP contribution in [0.15, 0.2) is 0 Å². The van der Waals surface area contributed by atoms with Gasteiger partial charge in [-0.2, -0.15) is 0 Å². The highest BCUT2D eigenvalue weighted by Gasteiger charge is 1.96. The van der Waals surface area contributed by atoms with E-state index in [4.69, 9.17) is 0 Å².